The topological polar surface area (TPSA) is 37.4 Å². The van der Waals surface area contributed by atoms with Crippen molar-refractivity contribution in [3.63, 3.8) is 0 Å². The molecule has 4 heteroatoms. The lowest BCUT2D eigenvalue weighted by molar-refractivity contribution is 0.0893. The average molecular weight is 560 g/mol. The van der Waals surface area contributed by atoms with Crippen molar-refractivity contribution in [1.29, 1.82) is 0 Å². The van der Waals surface area contributed by atoms with E-state index in [1.54, 1.807) is 0 Å². The van der Waals surface area contributed by atoms with Gasteiger partial charge in [-0.25, -0.2) is 4.90 Å². The van der Waals surface area contributed by atoms with Crippen molar-refractivity contribution in [1.82, 2.24) is 0 Å². The Labute approximate surface area is 229 Å². The molecular formula is C34H26BrNO2. The van der Waals surface area contributed by atoms with E-state index >= 15 is 0 Å². The first-order valence-corrected chi connectivity index (χ1v) is 13.9. The van der Waals surface area contributed by atoms with E-state index in [-0.39, 0.29) is 23.7 Å². The summed E-state index contributed by atoms with van der Waals surface area (Å²) in [6, 6.07) is 24.8. The summed E-state index contributed by atoms with van der Waals surface area (Å²) in [5, 5.41) is 8.63. The van der Waals surface area contributed by atoms with Crippen LogP contribution >= 0.6 is 15.9 Å². The lowest BCUT2D eigenvalue weighted by Gasteiger charge is -2.33. The number of benzene rings is 6. The molecule has 1 aliphatic rings. The summed E-state index contributed by atoms with van der Waals surface area (Å²) in [6.07, 6.45) is 0. The standard InChI is InChI=1S/C34H26BrNO2/c1-17(2)27-15-20(35)16-28(18(3)4)32(27)36-33(37)25-13-11-23-21-9-5-7-19-8-6-10-22(29(19)21)24-12-14-26(34(36)38)31(25)30(23)24/h5-18H,1-4H3. The SMILES string of the molecule is CC(C)c1cc(Br)cc(C(C)C)c1N1C(=O)c2ccc3c4cccc5cccc(c6ccc(c2c36)C1=O)c54. The van der Waals surface area contributed by atoms with E-state index in [2.05, 4.69) is 92.2 Å². The maximum absolute atomic E-state index is 14.3. The second-order valence-corrected chi connectivity index (χ2v) is 11.9. The molecule has 186 valence electrons. The summed E-state index contributed by atoms with van der Waals surface area (Å²) < 4.78 is 0.956. The largest absolute Gasteiger partial charge is 0.268 e. The van der Waals surface area contributed by atoms with Gasteiger partial charge in [0.2, 0.25) is 0 Å². The van der Waals surface area contributed by atoms with Gasteiger partial charge >= 0.3 is 0 Å². The van der Waals surface area contributed by atoms with Crippen molar-refractivity contribution in [2.24, 2.45) is 0 Å². The van der Waals surface area contributed by atoms with Crippen molar-refractivity contribution in [3.8, 4) is 0 Å². The van der Waals surface area contributed by atoms with Gasteiger partial charge in [-0.2, -0.15) is 0 Å². The van der Waals surface area contributed by atoms with Crippen molar-refractivity contribution in [3.05, 3.63) is 99.5 Å². The molecule has 1 heterocycles. The molecular weight excluding hydrogens is 534 g/mol. The Bertz CT molecular complexity index is 1860. The molecule has 0 bridgehead atoms. The highest BCUT2D eigenvalue weighted by atomic mass is 79.9. The number of rotatable bonds is 3. The maximum atomic E-state index is 14.3. The molecule has 0 saturated heterocycles. The third-order valence-corrected chi connectivity index (χ3v) is 8.57. The molecule has 0 unspecified atom stereocenters. The Morgan fingerprint density at radius 2 is 1.08 bits per heavy atom. The van der Waals surface area contributed by atoms with Crippen molar-refractivity contribution < 1.29 is 9.59 Å². The number of fused-ring (bicyclic) bond motifs is 2. The van der Waals surface area contributed by atoms with Crippen molar-refractivity contribution in [2.75, 3.05) is 4.90 Å². The second kappa shape index (κ2) is 8.12. The maximum Gasteiger partial charge on any atom is 0.266 e. The smallest absolute Gasteiger partial charge is 0.266 e. The van der Waals surface area contributed by atoms with E-state index in [0.717, 1.165) is 53.6 Å². The van der Waals surface area contributed by atoms with Crippen molar-refractivity contribution >= 4 is 76.5 Å². The molecule has 1 aliphatic heterocycles. The predicted molar refractivity (Wildman–Crippen MR) is 161 cm³/mol. The molecule has 3 nitrogen and oxygen atoms in total. The number of imide groups is 1. The fourth-order valence-corrected chi connectivity index (χ4v) is 6.90. The Balaban J connectivity index is 1.58. The van der Waals surface area contributed by atoms with Gasteiger partial charge in [0, 0.05) is 21.0 Å². The van der Waals surface area contributed by atoms with E-state index in [1.807, 2.05) is 24.3 Å². The zero-order valence-electron chi connectivity index (χ0n) is 21.7. The number of nitrogens with zero attached hydrogens (tertiary/aromatic N) is 1. The van der Waals surface area contributed by atoms with Crippen LogP contribution in [-0.2, 0) is 0 Å². The molecule has 0 fully saturated rings. The second-order valence-electron chi connectivity index (χ2n) is 11.0. The Morgan fingerprint density at radius 1 is 0.605 bits per heavy atom. The molecule has 0 spiro atoms. The molecule has 0 atom stereocenters. The van der Waals surface area contributed by atoms with E-state index < -0.39 is 0 Å². The van der Waals surface area contributed by atoms with Crippen LogP contribution < -0.4 is 4.90 Å². The van der Waals surface area contributed by atoms with Crippen LogP contribution in [0.3, 0.4) is 0 Å². The van der Waals surface area contributed by atoms with Gasteiger partial charge in [-0.15, -0.1) is 0 Å². The number of anilines is 1. The average Bonchev–Trinajstić information content (AvgIpc) is 2.90. The molecule has 0 aliphatic carbocycles. The molecule has 2 amide bonds. The van der Waals surface area contributed by atoms with Crippen LogP contribution in [0.15, 0.2) is 77.3 Å². The van der Waals surface area contributed by atoms with Gasteiger partial charge in [-0.05, 0) is 84.9 Å². The highest BCUT2D eigenvalue weighted by Gasteiger charge is 2.38. The minimum atomic E-state index is -0.255. The summed E-state index contributed by atoms with van der Waals surface area (Å²) in [6.45, 7) is 8.41. The van der Waals surface area contributed by atoms with Gasteiger partial charge in [0.05, 0.1) is 5.69 Å². The fraction of sp³-hybridized carbons (Fsp3) is 0.176. The fourth-order valence-electron chi connectivity index (χ4n) is 6.41. The molecule has 38 heavy (non-hydrogen) atoms. The van der Waals surface area contributed by atoms with Gasteiger partial charge in [0.1, 0.15) is 0 Å². The lowest BCUT2D eigenvalue weighted by Crippen LogP contribution is -2.41. The molecule has 0 saturated carbocycles. The van der Waals surface area contributed by atoms with E-state index in [0.29, 0.717) is 11.1 Å². The number of carbonyl (C=O) groups excluding carboxylic acids is 2. The van der Waals surface area contributed by atoms with E-state index in [9.17, 15) is 9.59 Å². The van der Waals surface area contributed by atoms with Crippen LogP contribution in [0, 0.1) is 0 Å². The summed E-state index contributed by atoms with van der Waals surface area (Å²) in [7, 11) is 0. The first-order valence-electron chi connectivity index (χ1n) is 13.1. The number of halogens is 1. The Kier molecular flexibility index (Phi) is 4.99. The number of hydrogen-bond acceptors (Lipinski definition) is 2. The van der Waals surface area contributed by atoms with Crippen LogP contribution in [0.25, 0.3) is 43.1 Å². The Hall–Kier alpha value is -3.76. The quantitative estimate of drug-likeness (QED) is 0.123. The normalized spacial score (nSPS) is 13.9. The third kappa shape index (κ3) is 3.01. The molecule has 7 rings (SSSR count). The van der Waals surface area contributed by atoms with Crippen LogP contribution in [0.4, 0.5) is 5.69 Å². The summed E-state index contributed by atoms with van der Waals surface area (Å²) >= 11 is 3.65. The minimum absolute atomic E-state index is 0.134. The van der Waals surface area contributed by atoms with Crippen molar-refractivity contribution in [2.45, 2.75) is 39.5 Å². The number of amides is 2. The summed E-state index contributed by atoms with van der Waals surface area (Å²) in [4.78, 5) is 30.1. The first kappa shape index (κ1) is 23.4. The van der Waals surface area contributed by atoms with Crippen LogP contribution in [0.1, 0.15) is 71.4 Å². The van der Waals surface area contributed by atoms with Crippen LogP contribution in [0.5, 0.6) is 0 Å². The Morgan fingerprint density at radius 3 is 1.55 bits per heavy atom. The monoisotopic (exact) mass is 559 g/mol. The molecule has 6 aromatic carbocycles. The van der Waals surface area contributed by atoms with Crippen LogP contribution in [-0.4, -0.2) is 11.8 Å². The van der Waals surface area contributed by atoms with Gasteiger partial charge in [-0.1, -0.05) is 92.2 Å². The highest BCUT2D eigenvalue weighted by molar-refractivity contribution is 9.10. The molecule has 6 aromatic rings. The van der Waals surface area contributed by atoms with Gasteiger partial charge < -0.3 is 0 Å². The summed E-state index contributed by atoms with van der Waals surface area (Å²) in [5.74, 6) is -0.243. The van der Waals surface area contributed by atoms with Gasteiger partial charge in [0.25, 0.3) is 11.8 Å². The molecule has 0 N–H and O–H groups in total. The zero-order chi connectivity index (χ0) is 26.5. The number of hydrogen-bond donors (Lipinski definition) is 0. The third-order valence-electron chi connectivity index (χ3n) is 8.11. The molecule has 0 aromatic heterocycles. The summed E-state index contributed by atoms with van der Waals surface area (Å²) in [5.41, 5.74) is 3.86. The minimum Gasteiger partial charge on any atom is -0.268 e. The number of carbonyl (C=O) groups is 2. The van der Waals surface area contributed by atoms with Gasteiger partial charge in [0.15, 0.2) is 0 Å². The lowest BCUT2D eigenvalue weighted by atomic mass is 9.84. The predicted octanol–water partition coefficient (Wildman–Crippen LogP) is 9.55. The zero-order valence-corrected chi connectivity index (χ0v) is 23.3. The van der Waals surface area contributed by atoms with E-state index in [1.165, 1.54) is 15.7 Å². The van der Waals surface area contributed by atoms with Crippen LogP contribution in [0.2, 0.25) is 0 Å². The van der Waals surface area contributed by atoms with Gasteiger partial charge in [-0.3, -0.25) is 9.59 Å². The highest BCUT2D eigenvalue weighted by Crippen LogP contribution is 2.46. The molecule has 0 radical (unpaired) electrons. The first-order chi connectivity index (χ1) is 18.3. The van der Waals surface area contributed by atoms with E-state index in [4.69, 9.17) is 0 Å².